The van der Waals surface area contributed by atoms with Crippen LogP contribution in [-0.4, -0.2) is 23.0 Å². The molecule has 100 valence electrons. The monoisotopic (exact) mass is 258 g/mol. The van der Waals surface area contributed by atoms with Gasteiger partial charge in [0.1, 0.15) is 5.75 Å². The van der Waals surface area contributed by atoms with E-state index in [4.69, 9.17) is 9.47 Å². The van der Waals surface area contributed by atoms with Crippen molar-refractivity contribution in [1.29, 1.82) is 0 Å². The SMILES string of the molecule is CC(C)n1cc(OCC2COc3ccccc32)cn1. The summed E-state index contributed by atoms with van der Waals surface area (Å²) in [7, 11) is 0. The third-order valence-corrected chi connectivity index (χ3v) is 3.36. The lowest BCUT2D eigenvalue weighted by Gasteiger charge is -2.09. The molecule has 0 bridgehead atoms. The summed E-state index contributed by atoms with van der Waals surface area (Å²) in [5, 5.41) is 4.27. The predicted molar refractivity (Wildman–Crippen MR) is 72.8 cm³/mol. The summed E-state index contributed by atoms with van der Waals surface area (Å²) in [6.45, 7) is 5.51. The molecule has 1 aliphatic heterocycles. The zero-order valence-corrected chi connectivity index (χ0v) is 11.2. The first-order valence-electron chi connectivity index (χ1n) is 6.62. The zero-order chi connectivity index (χ0) is 13.2. The summed E-state index contributed by atoms with van der Waals surface area (Å²) >= 11 is 0. The summed E-state index contributed by atoms with van der Waals surface area (Å²) in [5.74, 6) is 2.10. The third kappa shape index (κ3) is 2.43. The lowest BCUT2D eigenvalue weighted by atomic mass is 10.0. The quantitative estimate of drug-likeness (QED) is 0.845. The first-order valence-corrected chi connectivity index (χ1v) is 6.62. The lowest BCUT2D eigenvalue weighted by Crippen LogP contribution is -2.11. The molecule has 0 saturated heterocycles. The minimum Gasteiger partial charge on any atom is -0.493 e. The van der Waals surface area contributed by atoms with E-state index in [1.165, 1.54) is 5.56 Å². The maximum absolute atomic E-state index is 5.81. The van der Waals surface area contributed by atoms with Gasteiger partial charge >= 0.3 is 0 Å². The summed E-state index contributed by atoms with van der Waals surface area (Å²) in [4.78, 5) is 0. The van der Waals surface area contributed by atoms with Crippen molar-refractivity contribution in [3.8, 4) is 11.5 Å². The molecule has 0 amide bonds. The van der Waals surface area contributed by atoms with Gasteiger partial charge in [-0.05, 0) is 19.9 Å². The topological polar surface area (TPSA) is 36.3 Å². The fourth-order valence-electron chi connectivity index (χ4n) is 2.24. The van der Waals surface area contributed by atoms with Gasteiger partial charge in [0.25, 0.3) is 0 Å². The van der Waals surface area contributed by atoms with E-state index >= 15 is 0 Å². The molecular formula is C15H18N2O2. The molecule has 2 aromatic rings. The van der Waals surface area contributed by atoms with E-state index in [0.717, 1.165) is 11.5 Å². The van der Waals surface area contributed by atoms with Gasteiger partial charge in [-0.1, -0.05) is 18.2 Å². The number of ether oxygens (including phenoxy) is 2. The summed E-state index contributed by atoms with van der Waals surface area (Å²) in [6.07, 6.45) is 3.70. The summed E-state index contributed by atoms with van der Waals surface area (Å²) < 4.78 is 13.4. The average Bonchev–Trinajstić information content (AvgIpc) is 3.03. The maximum atomic E-state index is 5.81. The number of hydrogen-bond acceptors (Lipinski definition) is 3. The Morgan fingerprint density at radius 1 is 1.42 bits per heavy atom. The van der Waals surface area contributed by atoms with Crippen LogP contribution in [-0.2, 0) is 0 Å². The molecular weight excluding hydrogens is 240 g/mol. The van der Waals surface area contributed by atoms with E-state index in [2.05, 4.69) is 25.0 Å². The van der Waals surface area contributed by atoms with Crippen molar-refractivity contribution in [2.45, 2.75) is 25.8 Å². The molecule has 1 unspecified atom stereocenters. The number of aromatic nitrogens is 2. The van der Waals surface area contributed by atoms with Crippen molar-refractivity contribution >= 4 is 0 Å². The first kappa shape index (κ1) is 12.1. The smallest absolute Gasteiger partial charge is 0.157 e. The van der Waals surface area contributed by atoms with Crippen molar-refractivity contribution in [3.63, 3.8) is 0 Å². The Kier molecular flexibility index (Phi) is 3.15. The first-order chi connectivity index (χ1) is 9.24. The van der Waals surface area contributed by atoms with Crippen molar-refractivity contribution in [1.82, 2.24) is 9.78 Å². The molecule has 1 aromatic carbocycles. The van der Waals surface area contributed by atoms with Crippen molar-refractivity contribution in [3.05, 3.63) is 42.2 Å². The van der Waals surface area contributed by atoms with Crippen LogP contribution < -0.4 is 9.47 Å². The highest BCUT2D eigenvalue weighted by Gasteiger charge is 2.24. The van der Waals surface area contributed by atoms with E-state index in [1.54, 1.807) is 6.20 Å². The second kappa shape index (κ2) is 4.96. The average molecular weight is 258 g/mol. The summed E-state index contributed by atoms with van der Waals surface area (Å²) in [5.41, 5.74) is 1.23. The standard InChI is InChI=1S/C15H18N2O2/c1-11(2)17-8-13(7-16-17)18-9-12-10-19-15-6-4-3-5-14(12)15/h3-8,11-12H,9-10H2,1-2H3. The van der Waals surface area contributed by atoms with Crippen LogP contribution in [0.4, 0.5) is 0 Å². The van der Waals surface area contributed by atoms with Crippen LogP contribution in [0.15, 0.2) is 36.7 Å². The molecule has 2 heterocycles. The van der Waals surface area contributed by atoms with Crippen molar-refractivity contribution in [2.24, 2.45) is 0 Å². The van der Waals surface area contributed by atoms with E-state index in [-0.39, 0.29) is 0 Å². The molecule has 0 fully saturated rings. The molecule has 0 N–H and O–H groups in total. The van der Waals surface area contributed by atoms with Gasteiger partial charge < -0.3 is 9.47 Å². The Morgan fingerprint density at radius 2 is 2.26 bits per heavy atom. The largest absolute Gasteiger partial charge is 0.493 e. The molecule has 4 nitrogen and oxygen atoms in total. The third-order valence-electron chi connectivity index (χ3n) is 3.36. The van der Waals surface area contributed by atoms with E-state index in [1.807, 2.05) is 29.1 Å². The minimum atomic E-state index is 0.304. The van der Waals surface area contributed by atoms with Crippen LogP contribution in [0.5, 0.6) is 11.5 Å². The molecule has 0 radical (unpaired) electrons. The molecule has 0 spiro atoms. The molecule has 1 aliphatic rings. The van der Waals surface area contributed by atoms with E-state index in [9.17, 15) is 0 Å². The highest BCUT2D eigenvalue weighted by atomic mass is 16.5. The Morgan fingerprint density at radius 3 is 3.05 bits per heavy atom. The number of fused-ring (bicyclic) bond motifs is 1. The van der Waals surface area contributed by atoms with Gasteiger partial charge in [-0.25, -0.2) is 0 Å². The van der Waals surface area contributed by atoms with Crippen LogP contribution in [0.3, 0.4) is 0 Å². The fraction of sp³-hybridized carbons (Fsp3) is 0.400. The number of hydrogen-bond donors (Lipinski definition) is 0. The minimum absolute atomic E-state index is 0.304. The number of benzene rings is 1. The summed E-state index contributed by atoms with van der Waals surface area (Å²) in [6, 6.07) is 8.50. The van der Waals surface area contributed by atoms with Crippen LogP contribution in [0.2, 0.25) is 0 Å². The Hall–Kier alpha value is -1.97. The molecule has 19 heavy (non-hydrogen) atoms. The second-order valence-electron chi connectivity index (χ2n) is 5.11. The number of rotatable bonds is 4. The van der Waals surface area contributed by atoms with Gasteiger partial charge in [0, 0.05) is 11.6 Å². The van der Waals surface area contributed by atoms with E-state index < -0.39 is 0 Å². The molecule has 0 saturated carbocycles. The Bertz CT molecular complexity index is 563. The fourth-order valence-corrected chi connectivity index (χ4v) is 2.24. The van der Waals surface area contributed by atoms with E-state index in [0.29, 0.717) is 25.2 Å². The van der Waals surface area contributed by atoms with Crippen LogP contribution in [0.25, 0.3) is 0 Å². The van der Waals surface area contributed by atoms with Gasteiger partial charge in [-0.15, -0.1) is 0 Å². The zero-order valence-electron chi connectivity index (χ0n) is 11.2. The van der Waals surface area contributed by atoms with Crippen LogP contribution in [0, 0.1) is 0 Å². The van der Waals surface area contributed by atoms with Crippen molar-refractivity contribution in [2.75, 3.05) is 13.2 Å². The molecule has 0 aliphatic carbocycles. The normalized spacial score (nSPS) is 17.3. The van der Waals surface area contributed by atoms with Crippen LogP contribution >= 0.6 is 0 Å². The number of nitrogens with zero attached hydrogens (tertiary/aromatic N) is 2. The molecule has 3 rings (SSSR count). The van der Waals surface area contributed by atoms with Gasteiger partial charge in [-0.2, -0.15) is 5.10 Å². The van der Waals surface area contributed by atoms with Gasteiger partial charge in [0.15, 0.2) is 5.75 Å². The second-order valence-corrected chi connectivity index (χ2v) is 5.11. The van der Waals surface area contributed by atoms with Crippen molar-refractivity contribution < 1.29 is 9.47 Å². The highest BCUT2D eigenvalue weighted by Crippen LogP contribution is 2.33. The number of para-hydroxylation sites is 1. The van der Waals surface area contributed by atoms with Crippen LogP contribution in [0.1, 0.15) is 31.4 Å². The van der Waals surface area contributed by atoms with Gasteiger partial charge in [0.2, 0.25) is 0 Å². The lowest BCUT2D eigenvalue weighted by molar-refractivity contribution is 0.248. The van der Waals surface area contributed by atoms with Gasteiger partial charge in [0.05, 0.1) is 31.5 Å². The Balaban J connectivity index is 1.64. The maximum Gasteiger partial charge on any atom is 0.157 e. The molecule has 1 aromatic heterocycles. The Labute approximate surface area is 113 Å². The predicted octanol–water partition coefficient (Wildman–Crippen LogP) is 3.02. The van der Waals surface area contributed by atoms with Gasteiger partial charge in [-0.3, -0.25) is 4.68 Å². The highest BCUT2D eigenvalue weighted by molar-refractivity contribution is 5.39. The molecule has 4 heteroatoms. The molecule has 1 atom stereocenters.